The van der Waals surface area contributed by atoms with E-state index in [-0.39, 0.29) is 6.54 Å². The molecule has 3 N–H and O–H groups in total. The van der Waals surface area contributed by atoms with Gasteiger partial charge >= 0.3 is 0 Å². The third-order valence-corrected chi connectivity index (χ3v) is 2.93. The number of aliphatic hydroxyl groups is 1. The predicted octanol–water partition coefficient (Wildman–Crippen LogP) is 1.96. The maximum absolute atomic E-state index is 9.71. The quantitative estimate of drug-likeness (QED) is 0.833. The lowest BCUT2D eigenvalue weighted by atomic mass is 9.99. The van der Waals surface area contributed by atoms with E-state index in [9.17, 15) is 5.11 Å². The monoisotopic (exact) mass is 229 g/mol. The molecule has 15 heavy (non-hydrogen) atoms. The second-order valence-corrected chi connectivity index (χ2v) is 3.89. The molecule has 1 aromatic carbocycles. The van der Waals surface area contributed by atoms with Crippen molar-refractivity contribution in [2.24, 2.45) is 5.73 Å². The van der Waals surface area contributed by atoms with Gasteiger partial charge in [-0.05, 0) is 31.0 Å². The van der Waals surface area contributed by atoms with Crippen molar-refractivity contribution in [2.75, 3.05) is 13.7 Å². The molecule has 1 rings (SSSR count). The molecule has 0 amide bonds. The van der Waals surface area contributed by atoms with Crippen LogP contribution in [0.2, 0.25) is 5.02 Å². The number of hydrogen-bond donors (Lipinski definition) is 2. The Morgan fingerprint density at radius 2 is 2.07 bits per heavy atom. The Kier molecular flexibility index (Phi) is 3.97. The van der Waals surface area contributed by atoms with E-state index in [1.54, 1.807) is 13.2 Å². The number of rotatable bonds is 3. The summed E-state index contributed by atoms with van der Waals surface area (Å²) < 4.78 is 5.26. The molecule has 0 fully saturated rings. The summed E-state index contributed by atoms with van der Waals surface area (Å²) in [5, 5.41) is 10.3. The highest BCUT2D eigenvalue weighted by Crippen LogP contribution is 2.34. The van der Waals surface area contributed by atoms with E-state index in [4.69, 9.17) is 22.1 Å². The standard InChI is InChI=1S/C11H16ClNO2/c1-6-8(10(14)5-13)4-9(12)7(2)11(6)15-3/h4,10,14H,5,13H2,1-3H3. The molecule has 0 aliphatic carbocycles. The third kappa shape index (κ3) is 2.25. The molecule has 0 spiro atoms. The molecule has 1 unspecified atom stereocenters. The smallest absolute Gasteiger partial charge is 0.126 e. The minimum atomic E-state index is -0.697. The molecule has 0 heterocycles. The Hall–Kier alpha value is -0.770. The van der Waals surface area contributed by atoms with Crippen molar-refractivity contribution in [3.8, 4) is 5.75 Å². The number of methoxy groups -OCH3 is 1. The molecule has 1 atom stereocenters. The number of benzene rings is 1. The SMILES string of the molecule is COc1c(C)c(Cl)cc(C(O)CN)c1C. The largest absolute Gasteiger partial charge is 0.496 e. The lowest BCUT2D eigenvalue weighted by molar-refractivity contribution is 0.185. The molecule has 0 radical (unpaired) electrons. The molecule has 0 saturated heterocycles. The summed E-state index contributed by atoms with van der Waals surface area (Å²) in [5.74, 6) is 0.713. The Labute approximate surface area is 94.8 Å². The molecule has 0 saturated carbocycles. The van der Waals surface area contributed by atoms with E-state index in [0.717, 1.165) is 16.7 Å². The van der Waals surface area contributed by atoms with Gasteiger partial charge in [0, 0.05) is 17.1 Å². The van der Waals surface area contributed by atoms with Gasteiger partial charge in [0.1, 0.15) is 5.75 Å². The fourth-order valence-corrected chi connectivity index (χ4v) is 1.86. The second-order valence-electron chi connectivity index (χ2n) is 3.48. The molecule has 0 bridgehead atoms. The normalized spacial score (nSPS) is 12.7. The number of halogens is 1. The van der Waals surface area contributed by atoms with E-state index in [0.29, 0.717) is 10.8 Å². The van der Waals surface area contributed by atoms with Gasteiger partial charge in [0.15, 0.2) is 0 Å². The fraction of sp³-hybridized carbons (Fsp3) is 0.455. The van der Waals surface area contributed by atoms with Crippen molar-refractivity contribution < 1.29 is 9.84 Å². The second kappa shape index (κ2) is 4.84. The van der Waals surface area contributed by atoms with E-state index in [2.05, 4.69) is 0 Å². The number of ether oxygens (including phenoxy) is 1. The van der Waals surface area contributed by atoms with Gasteiger partial charge in [-0.2, -0.15) is 0 Å². The van der Waals surface area contributed by atoms with E-state index in [1.165, 1.54) is 0 Å². The van der Waals surface area contributed by atoms with Gasteiger partial charge in [0.25, 0.3) is 0 Å². The van der Waals surface area contributed by atoms with Gasteiger partial charge in [-0.15, -0.1) is 0 Å². The van der Waals surface area contributed by atoms with Gasteiger partial charge in [-0.3, -0.25) is 0 Å². The zero-order valence-corrected chi connectivity index (χ0v) is 9.93. The molecule has 4 heteroatoms. The first kappa shape index (κ1) is 12.3. The average molecular weight is 230 g/mol. The zero-order chi connectivity index (χ0) is 11.6. The summed E-state index contributed by atoms with van der Waals surface area (Å²) in [6, 6.07) is 1.74. The molecular weight excluding hydrogens is 214 g/mol. The lowest BCUT2D eigenvalue weighted by Gasteiger charge is -2.17. The summed E-state index contributed by atoms with van der Waals surface area (Å²) in [6.07, 6.45) is -0.697. The first-order valence-corrected chi connectivity index (χ1v) is 5.12. The van der Waals surface area contributed by atoms with Crippen molar-refractivity contribution >= 4 is 11.6 Å². The van der Waals surface area contributed by atoms with Crippen molar-refractivity contribution in [2.45, 2.75) is 20.0 Å². The molecule has 3 nitrogen and oxygen atoms in total. The van der Waals surface area contributed by atoms with Crippen LogP contribution in [0, 0.1) is 13.8 Å². The summed E-state index contributed by atoms with van der Waals surface area (Å²) in [7, 11) is 1.59. The Morgan fingerprint density at radius 1 is 1.47 bits per heavy atom. The van der Waals surface area contributed by atoms with Crippen LogP contribution in [-0.4, -0.2) is 18.8 Å². The van der Waals surface area contributed by atoms with Gasteiger partial charge in [0.2, 0.25) is 0 Å². The summed E-state index contributed by atoms with van der Waals surface area (Å²) >= 11 is 6.04. The first-order valence-electron chi connectivity index (χ1n) is 4.74. The molecule has 84 valence electrons. The third-order valence-electron chi connectivity index (χ3n) is 2.54. The van der Waals surface area contributed by atoms with Crippen LogP contribution < -0.4 is 10.5 Å². The van der Waals surface area contributed by atoms with Crippen molar-refractivity contribution in [1.29, 1.82) is 0 Å². The topological polar surface area (TPSA) is 55.5 Å². The van der Waals surface area contributed by atoms with Crippen LogP contribution in [-0.2, 0) is 0 Å². The highest BCUT2D eigenvalue weighted by atomic mass is 35.5. The predicted molar refractivity (Wildman–Crippen MR) is 61.5 cm³/mol. The van der Waals surface area contributed by atoms with Crippen molar-refractivity contribution in [3.63, 3.8) is 0 Å². The van der Waals surface area contributed by atoms with Crippen molar-refractivity contribution in [1.82, 2.24) is 0 Å². The maximum Gasteiger partial charge on any atom is 0.126 e. The van der Waals surface area contributed by atoms with E-state index >= 15 is 0 Å². The number of aliphatic hydroxyl groups excluding tert-OH is 1. The van der Waals surface area contributed by atoms with Crippen molar-refractivity contribution in [3.05, 3.63) is 27.8 Å². The van der Waals surface area contributed by atoms with Gasteiger partial charge in [-0.1, -0.05) is 11.6 Å². The Bertz CT molecular complexity index is 366. The van der Waals surface area contributed by atoms with Crippen LogP contribution in [0.3, 0.4) is 0 Å². The van der Waals surface area contributed by atoms with E-state index in [1.807, 2.05) is 13.8 Å². The fourth-order valence-electron chi connectivity index (χ4n) is 1.65. The molecular formula is C11H16ClNO2. The molecule has 1 aromatic rings. The molecule has 0 aromatic heterocycles. The van der Waals surface area contributed by atoms with Crippen LogP contribution in [0.1, 0.15) is 22.8 Å². The number of nitrogens with two attached hydrogens (primary N) is 1. The highest BCUT2D eigenvalue weighted by molar-refractivity contribution is 6.31. The Morgan fingerprint density at radius 3 is 2.53 bits per heavy atom. The minimum Gasteiger partial charge on any atom is -0.496 e. The van der Waals surface area contributed by atoms with Crippen LogP contribution in [0.15, 0.2) is 6.07 Å². The lowest BCUT2D eigenvalue weighted by Crippen LogP contribution is -2.13. The van der Waals surface area contributed by atoms with Crippen LogP contribution >= 0.6 is 11.6 Å². The van der Waals surface area contributed by atoms with E-state index < -0.39 is 6.10 Å². The average Bonchev–Trinajstić information content (AvgIpc) is 2.23. The minimum absolute atomic E-state index is 0.170. The zero-order valence-electron chi connectivity index (χ0n) is 9.17. The summed E-state index contributed by atoms with van der Waals surface area (Å²) in [5.41, 5.74) is 7.91. The van der Waals surface area contributed by atoms with Crippen LogP contribution in [0.4, 0.5) is 0 Å². The summed E-state index contributed by atoms with van der Waals surface area (Å²) in [6.45, 7) is 3.94. The Balaban J connectivity index is 3.36. The summed E-state index contributed by atoms with van der Waals surface area (Å²) in [4.78, 5) is 0. The van der Waals surface area contributed by atoms with Gasteiger partial charge in [-0.25, -0.2) is 0 Å². The van der Waals surface area contributed by atoms with Gasteiger partial charge < -0.3 is 15.6 Å². The van der Waals surface area contributed by atoms with Gasteiger partial charge in [0.05, 0.1) is 13.2 Å². The highest BCUT2D eigenvalue weighted by Gasteiger charge is 2.16. The first-order chi connectivity index (χ1) is 7.02. The number of hydrogen-bond acceptors (Lipinski definition) is 3. The molecule has 0 aliphatic heterocycles. The van der Waals surface area contributed by atoms with Crippen LogP contribution in [0.5, 0.6) is 5.75 Å². The maximum atomic E-state index is 9.71. The van der Waals surface area contributed by atoms with Crippen LogP contribution in [0.25, 0.3) is 0 Å². The molecule has 0 aliphatic rings.